The van der Waals surface area contributed by atoms with Gasteiger partial charge in [-0.25, -0.2) is 0 Å². The molecule has 0 aliphatic carbocycles. The lowest BCUT2D eigenvalue weighted by atomic mass is 10.1. The maximum atomic E-state index is 11.9. The molecule has 0 saturated heterocycles. The number of rotatable bonds is 9. The molecule has 0 spiro atoms. The zero-order valence-corrected chi connectivity index (χ0v) is 10.4. The van der Waals surface area contributed by atoms with E-state index in [1.165, 1.54) is 0 Å². The number of amides is 1. The van der Waals surface area contributed by atoms with Gasteiger partial charge in [-0.3, -0.25) is 4.79 Å². The van der Waals surface area contributed by atoms with Crippen LogP contribution in [0.25, 0.3) is 0 Å². The van der Waals surface area contributed by atoms with Crippen LogP contribution in [-0.4, -0.2) is 43.7 Å². The predicted molar refractivity (Wildman–Crippen MR) is 66.2 cm³/mol. The van der Waals surface area contributed by atoms with Crippen molar-refractivity contribution in [2.24, 2.45) is 5.73 Å². The highest BCUT2D eigenvalue weighted by atomic mass is 16.5. The molecule has 0 aromatic carbocycles. The van der Waals surface area contributed by atoms with E-state index in [1.54, 1.807) is 18.1 Å². The Hall–Kier alpha value is -0.870. The van der Waals surface area contributed by atoms with Crippen LogP contribution < -0.4 is 5.73 Å². The lowest BCUT2D eigenvalue weighted by Gasteiger charge is -2.24. The van der Waals surface area contributed by atoms with E-state index in [-0.39, 0.29) is 5.91 Å². The van der Waals surface area contributed by atoms with E-state index < -0.39 is 6.04 Å². The second-order valence-corrected chi connectivity index (χ2v) is 3.81. The van der Waals surface area contributed by atoms with Gasteiger partial charge in [-0.15, -0.1) is 6.58 Å². The number of unbranched alkanes of at least 4 members (excludes halogenated alkanes) is 1. The summed E-state index contributed by atoms with van der Waals surface area (Å²) in [7, 11) is 1.62. The summed E-state index contributed by atoms with van der Waals surface area (Å²) < 4.78 is 4.96. The Balaban J connectivity index is 4.17. The molecule has 4 heteroatoms. The molecule has 4 nitrogen and oxygen atoms in total. The number of hydrogen-bond acceptors (Lipinski definition) is 3. The quantitative estimate of drug-likeness (QED) is 0.603. The average molecular weight is 228 g/mol. The second kappa shape index (κ2) is 9.36. The van der Waals surface area contributed by atoms with Gasteiger partial charge in [-0.05, 0) is 6.42 Å². The summed E-state index contributed by atoms with van der Waals surface area (Å²) in [4.78, 5) is 13.6. The van der Waals surface area contributed by atoms with Crippen LogP contribution in [0, 0.1) is 0 Å². The topological polar surface area (TPSA) is 55.6 Å². The van der Waals surface area contributed by atoms with Crippen LogP contribution in [-0.2, 0) is 9.53 Å². The molecule has 94 valence electrons. The highest BCUT2D eigenvalue weighted by Gasteiger charge is 2.19. The number of carbonyl (C=O) groups is 1. The van der Waals surface area contributed by atoms with Crippen LogP contribution >= 0.6 is 0 Å². The summed E-state index contributed by atoms with van der Waals surface area (Å²) in [5.41, 5.74) is 5.84. The van der Waals surface area contributed by atoms with E-state index in [0.29, 0.717) is 19.7 Å². The normalized spacial score (nSPS) is 12.2. The van der Waals surface area contributed by atoms with Gasteiger partial charge in [0.2, 0.25) is 5.91 Å². The Kier molecular flexibility index (Phi) is 8.85. The van der Waals surface area contributed by atoms with Gasteiger partial charge in [-0.2, -0.15) is 0 Å². The minimum atomic E-state index is -0.392. The Morgan fingerprint density at radius 1 is 1.62 bits per heavy atom. The summed E-state index contributed by atoms with van der Waals surface area (Å²) in [5, 5.41) is 0. The number of carbonyl (C=O) groups excluding carboxylic acids is 1. The molecule has 0 aliphatic heterocycles. The Bertz CT molecular complexity index is 207. The van der Waals surface area contributed by atoms with Crippen molar-refractivity contribution >= 4 is 5.91 Å². The first-order valence-electron chi connectivity index (χ1n) is 5.81. The van der Waals surface area contributed by atoms with Gasteiger partial charge in [0.15, 0.2) is 0 Å². The van der Waals surface area contributed by atoms with Crippen molar-refractivity contribution in [2.75, 3.05) is 26.8 Å². The minimum absolute atomic E-state index is 0.00889. The Labute approximate surface area is 98.4 Å². The average Bonchev–Trinajstić information content (AvgIpc) is 2.30. The molecule has 1 unspecified atom stereocenters. The van der Waals surface area contributed by atoms with Crippen LogP contribution in [0.5, 0.6) is 0 Å². The lowest BCUT2D eigenvalue weighted by molar-refractivity contribution is -0.132. The fourth-order valence-corrected chi connectivity index (χ4v) is 1.43. The van der Waals surface area contributed by atoms with Crippen molar-refractivity contribution in [3.05, 3.63) is 12.7 Å². The van der Waals surface area contributed by atoms with Crippen LogP contribution in [0.15, 0.2) is 12.7 Å². The summed E-state index contributed by atoms with van der Waals surface area (Å²) in [6, 6.07) is -0.392. The first kappa shape index (κ1) is 15.1. The molecule has 16 heavy (non-hydrogen) atoms. The number of hydrogen-bond donors (Lipinski definition) is 1. The van der Waals surface area contributed by atoms with Crippen molar-refractivity contribution < 1.29 is 9.53 Å². The van der Waals surface area contributed by atoms with Crippen LogP contribution in [0.2, 0.25) is 0 Å². The van der Waals surface area contributed by atoms with E-state index >= 15 is 0 Å². The molecule has 0 saturated carbocycles. The molecular formula is C12H24N2O2. The zero-order valence-electron chi connectivity index (χ0n) is 10.4. The highest BCUT2D eigenvalue weighted by Crippen LogP contribution is 2.03. The first-order chi connectivity index (χ1) is 7.67. The van der Waals surface area contributed by atoms with E-state index in [1.807, 2.05) is 0 Å². The predicted octanol–water partition coefficient (Wildman–Crippen LogP) is 1.16. The molecule has 0 bridgehead atoms. The molecule has 0 aromatic rings. The van der Waals surface area contributed by atoms with Crippen LogP contribution in [0.4, 0.5) is 0 Å². The Morgan fingerprint density at radius 2 is 2.31 bits per heavy atom. The fraction of sp³-hybridized carbons (Fsp3) is 0.750. The van der Waals surface area contributed by atoms with Crippen molar-refractivity contribution in [1.29, 1.82) is 0 Å². The SMILES string of the molecule is C=CCN(CCOC)C(=O)C(N)CCCC. The van der Waals surface area contributed by atoms with E-state index in [2.05, 4.69) is 13.5 Å². The molecule has 0 radical (unpaired) electrons. The first-order valence-corrected chi connectivity index (χ1v) is 5.81. The van der Waals surface area contributed by atoms with Crippen LogP contribution in [0.1, 0.15) is 26.2 Å². The van der Waals surface area contributed by atoms with Gasteiger partial charge >= 0.3 is 0 Å². The largest absolute Gasteiger partial charge is 0.383 e. The lowest BCUT2D eigenvalue weighted by Crippen LogP contribution is -2.45. The summed E-state index contributed by atoms with van der Waals surface area (Å²) in [6.45, 7) is 7.35. The Morgan fingerprint density at radius 3 is 2.81 bits per heavy atom. The maximum absolute atomic E-state index is 11.9. The number of ether oxygens (including phenoxy) is 1. The molecule has 0 heterocycles. The van der Waals surface area contributed by atoms with Gasteiger partial charge in [0, 0.05) is 20.2 Å². The third-order valence-electron chi connectivity index (χ3n) is 2.41. The molecular weight excluding hydrogens is 204 g/mol. The molecule has 0 aromatic heterocycles. The number of nitrogens with zero attached hydrogens (tertiary/aromatic N) is 1. The van der Waals surface area contributed by atoms with Crippen molar-refractivity contribution in [1.82, 2.24) is 4.90 Å². The maximum Gasteiger partial charge on any atom is 0.239 e. The minimum Gasteiger partial charge on any atom is -0.383 e. The highest BCUT2D eigenvalue weighted by molar-refractivity contribution is 5.81. The smallest absolute Gasteiger partial charge is 0.239 e. The summed E-state index contributed by atoms with van der Waals surface area (Å²) >= 11 is 0. The van der Waals surface area contributed by atoms with Gasteiger partial charge < -0.3 is 15.4 Å². The van der Waals surface area contributed by atoms with E-state index in [4.69, 9.17) is 10.5 Å². The van der Waals surface area contributed by atoms with Crippen molar-refractivity contribution in [2.45, 2.75) is 32.2 Å². The third-order valence-corrected chi connectivity index (χ3v) is 2.41. The standard InChI is InChI=1S/C12H24N2O2/c1-4-6-7-11(13)12(15)14(8-5-2)9-10-16-3/h5,11H,2,4,6-10,13H2,1,3H3. The molecule has 2 N–H and O–H groups in total. The number of methoxy groups -OCH3 is 1. The van der Waals surface area contributed by atoms with Crippen molar-refractivity contribution in [3.8, 4) is 0 Å². The van der Waals surface area contributed by atoms with Gasteiger partial charge in [0.1, 0.15) is 0 Å². The summed E-state index contributed by atoms with van der Waals surface area (Å²) in [5.74, 6) is -0.00889. The second-order valence-electron chi connectivity index (χ2n) is 3.81. The van der Waals surface area contributed by atoms with Crippen LogP contribution in [0.3, 0.4) is 0 Å². The van der Waals surface area contributed by atoms with E-state index in [0.717, 1.165) is 19.3 Å². The van der Waals surface area contributed by atoms with Gasteiger partial charge in [0.25, 0.3) is 0 Å². The summed E-state index contributed by atoms with van der Waals surface area (Å²) in [6.07, 6.45) is 4.50. The van der Waals surface area contributed by atoms with Crippen molar-refractivity contribution in [3.63, 3.8) is 0 Å². The fourth-order valence-electron chi connectivity index (χ4n) is 1.43. The van der Waals surface area contributed by atoms with E-state index in [9.17, 15) is 4.79 Å². The molecule has 1 atom stereocenters. The van der Waals surface area contributed by atoms with Gasteiger partial charge in [-0.1, -0.05) is 25.8 Å². The molecule has 0 aliphatic rings. The third kappa shape index (κ3) is 5.88. The molecule has 0 rings (SSSR count). The monoisotopic (exact) mass is 228 g/mol. The molecule has 1 amide bonds. The zero-order chi connectivity index (χ0) is 12.4. The number of nitrogens with two attached hydrogens (primary N) is 1. The van der Waals surface area contributed by atoms with Gasteiger partial charge in [0.05, 0.1) is 12.6 Å². The molecule has 0 fully saturated rings.